The number of amides is 1. The molecule has 2 heterocycles. The highest BCUT2D eigenvalue weighted by atomic mass is 16.3. The van der Waals surface area contributed by atoms with E-state index in [9.17, 15) is 9.90 Å². The molecule has 2 atom stereocenters. The van der Waals surface area contributed by atoms with E-state index in [0.29, 0.717) is 12.5 Å². The van der Waals surface area contributed by atoms with Crippen molar-refractivity contribution < 1.29 is 9.90 Å². The zero-order chi connectivity index (χ0) is 9.97. The summed E-state index contributed by atoms with van der Waals surface area (Å²) in [5, 5.41) is 12.3. The van der Waals surface area contributed by atoms with Gasteiger partial charge >= 0.3 is 0 Å². The molecule has 80 valence electrons. The molecule has 1 amide bonds. The molecule has 14 heavy (non-hydrogen) atoms. The first kappa shape index (κ1) is 9.93. The van der Waals surface area contributed by atoms with E-state index in [1.165, 1.54) is 0 Å². The van der Waals surface area contributed by atoms with Crippen molar-refractivity contribution >= 4 is 5.91 Å². The van der Waals surface area contributed by atoms with Gasteiger partial charge in [-0.25, -0.2) is 0 Å². The van der Waals surface area contributed by atoms with E-state index in [0.717, 1.165) is 38.9 Å². The third-order valence-corrected chi connectivity index (χ3v) is 3.17. The molecule has 2 aliphatic heterocycles. The Bertz CT molecular complexity index is 220. The van der Waals surface area contributed by atoms with Crippen molar-refractivity contribution in [2.75, 3.05) is 19.6 Å². The molecule has 4 heteroatoms. The number of aliphatic hydroxyl groups excluding tert-OH is 1. The van der Waals surface area contributed by atoms with Crippen LogP contribution >= 0.6 is 0 Å². The molecule has 0 spiro atoms. The van der Waals surface area contributed by atoms with Gasteiger partial charge in [-0.05, 0) is 19.3 Å². The van der Waals surface area contributed by atoms with Crippen LogP contribution in [0.25, 0.3) is 0 Å². The van der Waals surface area contributed by atoms with Crippen LogP contribution < -0.4 is 5.32 Å². The van der Waals surface area contributed by atoms with E-state index in [-0.39, 0.29) is 12.0 Å². The van der Waals surface area contributed by atoms with Gasteiger partial charge in [0.2, 0.25) is 5.91 Å². The second kappa shape index (κ2) is 4.28. The maximum Gasteiger partial charge on any atom is 0.221 e. The molecule has 2 rings (SSSR count). The Balaban J connectivity index is 1.92. The van der Waals surface area contributed by atoms with Crippen LogP contribution in [0.15, 0.2) is 0 Å². The monoisotopic (exact) mass is 198 g/mol. The van der Waals surface area contributed by atoms with Gasteiger partial charge in [0.15, 0.2) is 0 Å². The van der Waals surface area contributed by atoms with Crippen LogP contribution in [0.2, 0.25) is 0 Å². The molecule has 2 fully saturated rings. The van der Waals surface area contributed by atoms with E-state index in [1.54, 1.807) is 0 Å². The summed E-state index contributed by atoms with van der Waals surface area (Å²) in [6.07, 6.45) is 3.42. The summed E-state index contributed by atoms with van der Waals surface area (Å²) >= 11 is 0. The van der Waals surface area contributed by atoms with Gasteiger partial charge < -0.3 is 10.4 Å². The lowest BCUT2D eigenvalue weighted by Crippen LogP contribution is -2.36. The van der Waals surface area contributed by atoms with Crippen LogP contribution in [0.1, 0.15) is 25.7 Å². The van der Waals surface area contributed by atoms with Crippen LogP contribution in [0.5, 0.6) is 0 Å². The summed E-state index contributed by atoms with van der Waals surface area (Å²) < 4.78 is 0. The van der Waals surface area contributed by atoms with E-state index in [1.807, 2.05) is 0 Å². The number of carbonyl (C=O) groups is 1. The van der Waals surface area contributed by atoms with Gasteiger partial charge in [-0.1, -0.05) is 0 Å². The Morgan fingerprint density at radius 3 is 3.00 bits per heavy atom. The van der Waals surface area contributed by atoms with Gasteiger partial charge in [0, 0.05) is 32.1 Å². The Morgan fingerprint density at radius 1 is 1.43 bits per heavy atom. The Hall–Kier alpha value is -0.610. The van der Waals surface area contributed by atoms with Crippen LogP contribution in [0, 0.1) is 0 Å². The first-order valence-electron chi connectivity index (χ1n) is 5.44. The summed E-state index contributed by atoms with van der Waals surface area (Å²) in [5.41, 5.74) is 0. The number of rotatable bonds is 1. The summed E-state index contributed by atoms with van der Waals surface area (Å²) in [4.78, 5) is 13.6. The van der Waals surface area contributed by atoms with E-state index >= 15 is 0 Å². The summed E-state index contributed by atoms with van der Waals surface area (Å²) in [5.74, 6) is 0.161. The number of aliphatic hydroxyl groups is 1. The van der Waals surface area contributed by atoms with Crippen molar-refractivity contribution in [2.24, 2.45) is 0 Å². The maximum absolute atomic E-state index is 11.3. The summed E-state index contributed by atoms with van der Waals surface area (Å²) in [6, 6.07) is 0.356. The second-order valence-electron chi connectivity index (χ2n) is 4.29. The Kier molecular flexibility index (Phi) is 3.03. The third kappa shape index (κ3) is 2.25. The summed E-state index contributed by atoms with van der Waals surface area (Å²) in [6.45, 7) is 2.50. The fourth-order valence-corrected chi connectivity index (χ4v) is 2.37. The minimum absolute atomic E-state index is 0.161. The average molecular weight is 198 g/mol. The lowest BCUT2D eigenvalue weighted by atomic mass is 10.1. The maximum atomic E-state index is 11.3. The van der Waals surface area contributed by atoms with Gasteiger partial charge in [-0.3, -0.25) is 9.69 Å². The van der Waals surface area contributed by atoms with Crippen LogP contribution in [-0.2, 0) is 4.79 Å². The van der Waals surface area contributed by atoms with Crippen molar-refractivity contribution in [3.05, 3.63) is 0 Å². The largest absolute Gasteiger partial charge is 0.392 e. The van der Waals surface area contributed by atoms with Crippen LogP contribution in [0.4, 0.5) is 0 Å². The number of hydrogen-bond donors (Lipinski definition) is 2. The van der Waals surface area contributed by atoms with Crippen molar-refractivity contribution in [3.63, 3.8) is 0 Å². The van der Waals surface area contributed by atoms with Crippen molar-refractivity contribution in [1.29, 1.82) is 0 Å². The highest BCUT2D eigenvalue weighted by Gasteiger charge is 2.29. The second-order valence-corrected chi connectivity index (χ2v) is 4.29. The molecule has 2 unspecified atom stereocenters. The molecular formula is C10H18N2O2. The molecule has 0 bridgehead atoms. The average Bonchev–Trinajstić information content (AvgIpc) is 2.45. The van der Waals surface area contributed by atoms with Gasteiger partial charge in [0.1, 0.15) is 0 Å². The molecule has 0 aromatic heterocycles. The van der Waals surface area contributed by atoms with E-state index in [4.69, 9.17) is 0 Å². The lowest BCUT2D eigenvalue weighted by molar-refractivity contribution is -0.121. The molecule has 2 saturated heterocycles. The number of carbonyl (C=O) groups excluding carboxylic acids is 1. The van der Waals surface area contributed by atoms with Crippen molar-refractivity contribution in [2.45, 2.75) is 37.8 Å². The highest BCUT2D eigenvalue weighted by Crippen LogP contribution is 2.19. The Morgan fingerprint density at radius 2 is 2.29 bits per heavy atom. The third-order valence-electron chi connectivity index (χ3n) is 3.17. The first-order valence-corrected chi connectivity index (χ1v) is 5.44. The normalized spacial score (nSPS) is 35.4. The zero-order valence-corrected chi connectivity index (χ0v) is 8.41. The predicted molar refractivity (Wildman–Crippen MR) is 52.8 cm³/mol. The number of nitrogens with one attached hydrogen (secondary N) is 1. The fraction of sp³-hybridized carbons (Fsp3) is 0.900. The molecule has 0 saturated carbocycles. The van der Waals surface area contributed by atoms with E-state index < -0.39 is 0 Å². The topological polar surface area (TPSA) is 52.6 Å². The number of likely N-dealkylation sites (tertiary alicyclic amines) is 1. The quantitative estimate of drug-likeness (QED) is 0.609. The van der Waals surface area contributed by atoms with Crippen molar-refractivity contribution in [3.8, 4) is 0 Å². The minimum atomic E-state index is -0.179. The number of β-amino-alcohol motifs (C(OH)–C–C–N with tert-alkyl or cyclic N) is 1. The molecule has 4 nitrogen and oxygen atoms in total. The Labute approximate surface area is 84.3 Å². The zero-order valence-electron chi connectivity index (χ0n) is 8.41. The SMILES string of the molecule is O=C1CC(N2CCC(O)C2)CCCN1. The van der Waals surface area contributed by atoms with Crippen molar-refractivity contribution in [1.82, 2.24) is 10.2 Å². The molecule has 2 aliphatic rings. The molecule has 2 N–H and O–H groups in total. The van der Waals surface area contributed by atoms with Crippen LogP contribution in [0.3, 0.4) is 0 Å². The predicted octanol–water partition coefficient (Wildman–Crippen LogP) is -0.278. The molecule has 0 aromatic rings. The molecular weight excluding hydrogens is 180 g/mol. The minimum Gasteiger partial charge on any atom is -0.392 e. The summed E-state index contributed by atoms with van der Waals surface area (Å²) in [7, 11) is 0. The van der Waals surface area contributed by atoms with Gasteiger partial charge in [-0.15, -0.1) is 0 Å². The number of hydrogen-bond acceptors (Lipinski definition) is 3. The van der Waals surface area contributed by atoms with Gasteiger partial charge in [0.05, 0.1) is 6.10 Å². The molecule has 0 aromatic carbocycles. The fourth-order valence-electron chi connectivity index (χ4n) is 2.37. The van der Waals surface area contributed by atoms with Gasteiger partial charge in [-0.2, -0.15) is 0 Å². The van der Waals surface area contributed by atoms with E-state index in [2.05, 4.69) is 10.2 Å². The smallest absolute Gasteiger partial charge is 0.221 e. The molecule has 0 aliphatic carbocycles. The molecule has 0 radical (unpaired) electrons. The van der Waals surface area contributed by atoms with Gasteiger partial charge in [0.25, 0.3) is 0 Å². The first-order chi connectivity index (χ1) is 6.75. The standard InChI is InChI=1S/C10H18N2O2/c13-9-3-5-12(7-9)8-2-1-4-11-10(14)6-8/h8-9,13H,1-7H2,(H,11,14). The van der Waals surface area contributed by atoms with Crippen LogP contribution in [-0.4, -0.2) is 47.7 Å². The number of nitrogens with zero attached hydrogens (tertiary/aromatic N) is 1. The lowest BCUT2D eigenvalue weighted by Gasteiger charge is -2.25. The highest BCUT2D eigenvalue weighted by molar-refractivity contribution is 5.76.